The van der Waals surface area contributed by atoms with Crippen LogP contribution in [-0.2, 0) is 4.79 Å². The van der Waals surface area contributed by atoms with Crippen LogP contribution in [0.5, 0.6) is 0 Å². The minimum absolute atomic E-state index is 0.00774. The number of amides is 1. The molecular weight excluding hydrogens is 378 g/mol. The molecule has 1 aromatic carbocycles. The molecule has 1 aliphatic heterocycles. The Balaban J connectivity index is 1.38. The van der Waals surface area contributed by atoms with Gasteiger partial charge in [0.25, 0.3) is 0 Å². The Bertz CT molecular complexity index is 1020. The van der Waals surface area contributed by atoms with E-state index in [4.69, 9.17) is 4.42 Å². The number of carbonyl (C=O) groups excluding carboxylic acids is 1. The van der Waals surface area contributed by atoms with Crippen LogP contribution in [0.3, 0.4) is 0 Å². The molecule has 1 saturated heterocycles. The molecule has 2 aromatic heterocycles. The van der Waals surface area contributed by atoms with Gasteiger partial charge in [-0.05, 0) is 44.2 Å². The number of rotatable bonds is 5. The molecule has 1 N–H and O–H groups in total. The van der Waals surface area contributed by atoms with E-state index >= 15 is 0 Å². The van der Waals surface area contributed by atoms with E-state index in [0.717, 1.165) is 30.4 Å². The maximum absolute atomic E-state index is 12.4. The SMILES string of the molecule is Cc1ccc(Nc2cc(N3CCN(C(=O)/C=C/c4ccco4)CC3)nc(C)n2)cc1. The van der Waals surface area contributed by atoms with Gasteiger partial charge in [0.2, 0.25) is 5.91 Å². The highest BCUT2D eigenvalue weighted by molar-refractivity contribution is 5.91. The molecule has 154 valence electrons. The summed E-state index contributed by atoms with van der Waals surface area (Å²) in [7, 11) is 0. The fourth-order valence-corrected chi connectivity index (χ4v) is 3.36. The summed E-state index contributed by atoms with van der Waals surface area (Å²) in [5.41, 5.74) is 2.20. The fraction of sp³-hybridized carbons (Fsp3) is 0.261. The van der Waals surface area contributed by atoms with Gasteiger partial charge < -0.3 is 19.5 Å². The zero-order valence-corrected chi connectivity index (χ0v) is 17.2. The highest BCUT2D eigenvalue weighted by Crippen LogP contribution is 2.21. The predicted molar refractivity (Wildman–Crippen MR) is 118 cm³/mol. The van der Waals surface area contributed by atoms with Crippen molar-refractivity contribution in [1.82, 2.24) is 14.9 Å². The van der Waals surface area contributed by atoms with E-state index in [0.29, 0.717) is 24.7 Å². The topological polar surface area (TPSA) is 74.5 Å². The molecule has 1 fully saturated rings. The number of hydrogen-bond acceptors (Lipinski definition) is 6. The van der Waals surface area contributed by atoms with Gasteiger partial charge in [0.05, 0.1) is 6.26 Å². The van der Waals surface area contributed by atoms with Crippen molar-refractivity contribution in [2.75, 3.05) is 36.4 Å². The molecule has 7 heteroatoms. The number of nitrogens with zero attached hydrogens (tertiary/aromatic N) is 4. The van der Waals surface area contributed by atoms with Crippen molar-refractivity contribution in [1.29, 1.82) is 0 Å². The van der Waals surface area contributed by atoms with Crippen molar-refractivity contribution in [3.8, 4) is 0 Å². The second kappa shape index (κ2) is 8.82. The van der Waals surface area contributed by atoms with Crippen molar-refractivity contribution in [3.05, 3.63) is 72.0 Å². The highest BCUT2D eigenvalue weighted by atomic mass is 16.3. The number of anilines is 3. The largest absolute Gasteiger partial charge is 0.465 e. The number of benzene rings is 1. The summed E-state index contributed by atoms with van der Waals surface area (Å²) in [6.07, 6.45) is 4.85. The van der Waals surface area contributed by atoms with E-state index < -0.39 is 0 Å². The van der Waals surface area contributed by atoms with Crippen LogP contribution in [0.1, 0.15) is 17.1 Å². The summed E-state index contributed by atoms with van der Waals surface area (Å²) in [6, 6.07) is 13.8. The van der Waals surface area contributed by atoms with Gasteiger partial charge in [-0.15, -0.1) is 0 Å². The third kappa shape index (κ3) is 4.86. The van der Waals surface area contributed by atoms with Crippen molar-refractivity contribution < 1.29 is 9.21 Å². The normalized spacial score (nSPS) is 14.3. The van der Waals surface area contributed by atoms with E-state index in [9.17, 15) is 4.79 Å². The quantitative estimate of drug-likeness (QED) is 0.654. The van der Waals surface area contributed by atoms with Crippen LogP contribution >= 0.6 is 0 Å². The molecular formula is C23H25N5O2. The van der Waals surface area contributed by atoms with Gasteiger partial charge in [-0.1, -0.05) is 17.7 Å². The summed E-state index contributed by atoms with van der Waals surface area (Å²) in [5.74, 6) is 3.01. The molecule has 0 atom stereocenters. The lowest BCUT2D eigenvalue weighted by Crippen LogP contribution is -2.48. The Labute approximate surface area is 176 Å². The summed E-state index contributed by atoms with van der Waals surface area (Å²) in [4.78, 5) is 25.6. The van der Waals surface area contributed by atoms with Crippen molar-refractivity contribution in [2.24, 2.45) is 0 Å². The second-order valence-electron chi connectivity index (χ2n) is 7.31. The van der Waals surface area contributed by atoms with Crippen LogP contribution in [0.25, 0.3) is 6.08 Å². The third-order valence-electron chi connectivity index (χ3n) is 5.00. The number of hydrogen-bond donors (Lipinski definition) is 1. The van der Waals surface area contributed by atoms with Crippen LogP contribution in [0, 0.1) is 13.8 Å². The van der Waals surface area contributed by atoms with E-state index in [2.05, 4.69) is 39.2 Å². The predicted octanol–water partition coefficient (Wildman–Crippen LogP) is 3.79. The third-order valence-corrected chi connectivity index (χ3v) is 5.00. The first-order valence-corrected chi connectivity index (χ1v) is 10.0. The molecule has 7 nitrogen and oxygen atoms in total. The fourth-order valence-electron chi connectivity index (χ4n) is 3.36. The van der Waals surface area contributed by atoms with Gasteiger partial charge in [0.15, 0.2) is 0 Å². The van der Waals surface area contributed by atoms with Gasteiger partial charge >= 0.3 is 0 Å². The molecule has 0 bridgehead atoms. The summed E-state index contributed by atoms with van der Waals surface area (Å²) in [6.45, 7) is 6.69. The Morgan fingerprint density at radius 1 is 1.07 bits per heavy atom. The summed E-state index contributed by atoms with van der Waals surface area (Å²) >= 11 is 0. The number of piperazine rings is 1. The average Bonchev–Trinajstić information content (AvgIpc) is 3.27. The Hall–Kier alpha value is -3.61. The minimum Gasteiger partial charge on any atom is -0.465 e. The minimum atomic E-state index is -0.00774. The Kier molecular flexibility index (Phi) is 5.79. The first-order valence-electron chi connectivity index (χ1n) is 10.0. The smallest absolute Gasteiger partial charge is 0.246 e. The van der Waals surface area contributed by atoms with Gasteiger partial charge in [0, 0.05) is 44.0 Å². The molecule has 30 heavy (non-hydrogen) atoms. The van der Waals surface area contributed by atoms with Crippen molar-refractivity contribution >= 4 is 29.3 Å². The van der Waals surface area contributed by atoms with Crippen LogP contribution in [-0.4, -0.2) is 47.0 Å². The Morgan fingerprint density at radius 2 is 1.83 bits per heavy atom. The number of furan rings is 1. The van der Waals surface area contributed by atoms with E-state index in [1.165, 1.54) is 5.56 Å². The zero-order valence-electron chi connectivity index (χ0n) is 17.2. The number of nitrogens with one attached hydrogen (secondary N) is 1. The van der Waals surface area contributed by atoms with Gasteiger partial charge in [-0.3, -0.25) is 4.79 Å². The molecule has 0 radical (unpaired) electrons. The van der Waals surface area contributed by atoms with Crippen LogP contribution < -0.4 is 10.2 Å². The average molecular weight is 403 g/mol. The van der Waals surface area contributed by atoms with E-state index in [1.54, 1.807) is 24.5 Å². The summed E-state index contributed by atoms with van der Waals surface area (Å²) in [5, 5.41) is 3.35. The van der Waals surface area contributed by atoms with Crippen LogP contribution in [0.4, 0.5) is 17.3 Å². The van der Waals surface area contributed by atoms with Crippen molar-refractivity contribution in [2.45, 2.75) is 13.8 Å². The van der Waals surface area contributed by atoms with Gasteiger partial charge in [-0.25, -0.2) is 9.97 Å². The molecule has 0 aliphatic carbocycles. The molecule has 4 rings (SSSR count). The van der Waals surface area contributed by atoms with Gasteiger partial charge in [-0.2, -0.15) is 0 Å². The van der Waals surface area contributed by atoms with Crippen LogP contribution in [0.2, 0.25) is 0 Å². The standard InChI is InChI=1S/C23H25N5O2/c1-17-5-7-19(8-6-17)26-21-16-22(25-18(2)24-21)27-11-13-28(14-12-27)23(29)10-9-20-4-3-15-30-20/h3-10,15-16H,11-14H2,1-2H3,(H,24,25,26)/b10-9+. The molecule has 3 heterocycles. The zero-order chi connectivity index (χ0) is 20.9. The first-order chi connectivity index (χ1) is 14.6. The lowest BCUT2D eigenvalue weighted by Gasteiger charge is -2.35. The monoisotopic (exact) mass is 403 g/mol. The molecule has 0 spiro atoms. The van der Waals surface area contributed by atoms with E-state index in [1.807, 2.05) is 36.1 Å². The number of carbonyl (C=O) groups is 1. The maximum atomic E-state index is 12.4. The first kappa shape index (κ1) is 19.7. The molecule has 0 unspecified atom stereocenters. The number of aryl methyl sites for hydroxylation is 2. The molecule has 3 aromatic rings. The number of aromatic nitrogens is 2. The molecule has 1 aliphatic rings. The van der Waals surface area contributed by atoms with Crippen LogP contribution in [0.15, 0.2) is 59.2 Å². The second-order valence-corrected chi connectivity index (χ2v) is 7.31. The molecule has 1 amide bonds. The highest BCUT2D eigenvalue weighted by Gasteiger charge is 2.21. The maximum Gasteiger partial charge on any atom is 0.246 e. The van der Waals surface area contributed by atoms with Gasteiger partial charge in [0.1, 0.15) is 23.2 Å². The lowest BCUT2D eigenvalue weighted by atomic mass is 10.2. The van der Waals surface area contributed by atoms with Crippen molar-refractivity contribution in [3.63, 3.8) is 0 Å². The summed E-state index contributed by atoms with van der Waals surface area (Å²) < 4.78 is 5.23. The Morgan fingerprint density at radius 3 is 2.53 bits per heavy atom. The molecule has 0 saturated carbocycles. The van der Waals surface area contributed by atoms with E-state index in [-0.39, 0.29) is 5.91 Å². The lowest BCUT2D eigenvalue weighted by molar-refractivity contribution is -0.126.